The average molecular weight is 288 g/mol. The summed E-state index contributed by atoms with van der Waals surface area (Å²) in [7, 11) is 0. The third-order valence-corrected chi connectivity index (χ3v) is 2.24. The number of ether oxygens (including phenoxy) is 1. The minimum Gasteiger partial charge on any atom is -0.434 e. The summed E-state index contributed by atoms with van der Waals surface area (Å²) < 4.78 is 4.14. The summed E-state index contributed by atoms with van der Waals surface area (Å²) in [5, 5.41) is 45.2. The van der Waals surface area contributed by atoms with Gasteiger partial charge in [-0.05, 0) is 0 Å². The highest BCUT2D eigenvalue weighted by atomic mass is 35.5. The smallest absolute Gasteiger partial charge is 0.339 e. The first kappa shape index (κ1) is 17.0. The van der Waals surface area contributed by atoms with Crippen molar-refractivity contribution in [2.24, 2.45) is 5.73 Å². The Labute approximate surface area is 106 Å². The Morgan fingerprint density at radius 3 is 2.06 bits per heavy atom. The van der Waals surface area contributed by atoms with Crippen molar-refractivity contribution in [3.05, 3.63) is 0 Å². The van der Waals surface area contributed by atoms with Gasteiger partial charge in [0.2, 0.25) is 0 Å². The molecule has 0 saturated heterocycles. The average Bonchev–Trinajstić information content (AvgIpc) is 2.34. The van der Waals surface area contributed by atoms with Crippen LogP contribution in [-0.2, 0) is 14.3 Å². The molecule has 0 aromatic rings. The largest absolute Gasteiger partial charge is 0.434 e. The number of carbonyl (C=O) groups excluding carboxylic acids is 2. The van der Waals surface area contributed by atoms with Crippen LogP contribution in [0.15, 0.2) is 0 Å². The minimum atomic E-state index is -2.28. The van der Waals surface area contributed by atoms with Gasteiger partial charge in [-0.15, -0.1) is 0 Å². The molecule has 0 saturated carbocycles. The van der Waals surface area contributed by atoms with E-state index in [1.165, 1.54) is 0 Å². The second kappa shape index (κ2) is 7.46. The predicted molar refractivity (Wildman–Crippen MR) is 56.0 cm³/mol. The van der Waals surface area contributed by atoms with Gasteiger partial charge in [0, 0.05) is 0 Å². The first-order valence-electron chi connectivity index (χ1n) is 4.69. The quantitative estimate of drug-likeness (QED) is 0.203. The van der Waals surface area contributed by atoms with Crippen LogP contribution in [0.1, 0.15) is 0 Å². The lowest BCUT2D eigenvalue weighted by atomic mass is 10.0. The Bertz CT molecular complexity index is 301. The van der Waals surface area contributed by atoms with E-state index < -0.39 is 48.5 Å². The zero-order valence-electron chi connectivity index (χ0n) is 9.01. The van der Waals surface area contributed by atoms with Crippen molar-refractivity contribution in [2.45, 2.75) is 30.0 Å². The number of rotatable bonds is 7. The van der Waals surface area contributed by atoms with Gasteiger partial charge in [-0.1, -0.05) is 11.6 Å². The van der Waals surface area contributed by atoms with Gasteiger partial charge in [0.15, 0.2) is 6.10 Å². The number of nitrogens with two attached hydrogens (primary N) is 1. The van der Waals surface area contributed by atoms with E-state index in [9.17, 15) is 24.9 Å². The third kappa shape index (κ3) is 4.72. The van der Waals surface area contributed by atoms with E-state index in [1.54, 1.807) is 0 Å². The van der Waals surface area contributed by atoms with Crippen LogP contribution in [0.5, 0.6) is 0 Å². The number of hydrogen-bond donors (Lipinski definition) is 6. The maximum atomic E-state index is 11.1. The Morgan fingerprint density at radius 1 is 1.17 bits per heavy atom. The number of aliphatic hydroxyl groups excluding tert-OH is 5. The van der Waals surface area contributed by atoms with E-state index in [0.717, 1.165) is 0 Å². The predicted octanol–water partition coefficient (Wildman–Crippen LogP) is -3.98. The SMILES string of the molecule is NC(=O)C(Cl)OC(=O)C(O)C(O)C(O)C(O)CO. The number of halogens is 1. The summed E-state index contributed by atoms with van der Waals surface area (Å²) in [6.45, 7) is -0.903. The Balaban J connectivity index is 4.49. The normalized spacial score (nSPS) is 19.4. The summed E-state index contributed by atoms with van der Waals surface area (Å²) >= 11 is 5.17. The highest BCUT2D eigenvalue weighted by molar-refractivity contribution is 6.29. The van der Waals surface area contributed by atoms with Crippen LogP contribution in [0.4, 0.5) is 0 Å². The first-order valence-corrected chi connectivity index (χ1v) is 5.13. The number of aliphatic hydroxyl groups is 5. The molecule has 0 aromatic carbocycles. The van der Waals surface area contributed by atoms with Crippen LogP contribution in [-0.4, -0.2) is 74.0 Å². The van der Waals surface area contributed by atoms with Crippen LogP contribution in [0, 0.1) is 0 Å². The Hall–Kier alpha value is -0.970. The van der Waals surface area contributed by atoms with Gasteiger partial charge in [-0.25, -0.2) is 4.79 Å². The minimum absolute atomic E-state index is 0.903. The molecular weight excluding hydrogens is 274 g/mol. The molecule has 0 spiro atoms. The molecule has 0 aliphatic rings. The number of esters is 1. The van der Waals surface area contributed by atoms with E-state index in [-0.39, 0.29) is 0 Å². The van der Waals surface area contributed by atoms with Crippen LogP contribution in [0.3, 0.4) is 0 Å². The molecule has 0 fully saturated rings. The molecule has 0 aromatic heterocycles. The summed E-state index contributed by atoms with van der Waals surface area (Å²) in [6.07, 6.45) is -8.19. The highest BCUT2D eigenvalue weighted by Gasteiger charge is 2.36. The van der Waals surface area contributed by atoms with Gasteiger partial charge >= 0.3 is 5.97 Å². The van der Waals surface area contributed by atoms with Gasteiger partial charge in [-0.2, -0.15) is 0 Å². The monoisotopic (exact) mass is 287 g/mol. The molecule has 18 heavy (non-hydrogen) atoms. The fourth-order valence-electron chi connectivity index (χ4n) is 0.892. The van der Waals surface area contributed by atoms with Gasteiger partial charge in [0.25, 0.3) is 11.5 Å². The molecule has 7 N–H and O–H groups in total. The fourth-order valence-corrected chi connectivity index (χ4v) is 0.979. The molecule has 0 rings (SSSR count). The molecule has 0 heterocycles. The first-order chi connectivity index (χ1) is 8.22. The molecule has 0 radical (unpaired) electrons. The van der Waals surface area contributed by atoms with E-state index in [1.807, 2.05) is 0 Å². The summed E-state index contributed by atoms with van der Waals surface area (Å²) in [6, 6.07) is 0. The maximum absolute atomic E-state index is 11.1. The van der Waals surface area contributed by atoms with Gasteiger partial charge in [0.1, 0.15) is 18.3 Å². The van der Waals surface area contributed by atoms with Crippen LogP contribution < -0.4 is 5.73 Å². The van der Waals surface area contributed by atoms with E-state index in [2.05, 4.69) is 10.5 Å². The number of alkyl halides is 1. The molecule has 0 aliphatic carbocycles. The summed E-state index contributed by atoms with van der Waals surface area (Å²) in [5.74, 6) is -2.71. The van der Waals surface area contributed by atoms with E-state index in [0.29, 0.717) is 0 Å². The number of hydrogen-bond acceptors (Lipinski definition) is 8. The van der Waals surface area contributed by atoms with Crippen LogP contribution >= 0.6 is 11.6 Å². The topological polar surface area (TPSA) is 171 Å². The zero-order chi connectivity index (χ0) is 14.5. The lowest BCUT2D eigenvalue weighted by molar-refractivity contribution is -0.173. The van der Waals surface area contributed by atoms with Crippen LogP contribution in [0.2, 0.25) is 0 Å². The molecule has 10 heteroatoms. The van der Waals surface area contributed by atoms with Gasteiger partial charge in [-0.3, -0.25) is 4.79 Å². The van der Waals surface area contributed by atoms with E-state index in [4.69, 9.17) is 21.8 Å². The molecule has 0 aliphatic heterocycles. The second-order valence-corrected chi connectivity index (χ2v) is 3.73. The Kier molecular flexibility index (Phi) is 7.06. The zero-order valence-corrected chi connectivity index (χ0v) is 9.77. The maximum Gasteiger partial charge on any atom is 0.339 e. The molecule has 1 amide bonds. The summed E-state index contributed by atoms with van der Waals surface area (Å²) in [5.41, 5.74) is 2.83. The molecular formula is C8H14ClNO8. The number of carbonyl (C=O) groups is 2. The molecule has 9 nitrogen and oxygen atoms in total. The number of amides is 1. The van der Waals surface area contributed by atoms with Crippen molar-refractivity contribution in [1.82, 2.24) is 0 Å². The van der Waals surface area contributed by atoms with Crippen molar-refractivity contribution in [1.29, 1.82) is 0 Å². The van der Waals surface area contributed by atoms with Gasteiger partial charge < -0.3 is 36.0 Å². The Morgan fingerprint density at radius 2 is 1.67 bits per heavy atom. The lowest BCUT2D eigenvalue weighted by Gasteiger charge is -2.24. The molecule has 5 atom stereocenters. The standard InChI is InChI=1S/C8H14ClNO8/c9-6(7(10)16)18-8(17)5(15)4(14)3(13)2(12)1-11/h2-6,11-15H,1H2,(H2,10,16). The summed E-state index contributed by atoms with van der Waals surface area (Å²) in [4.78, 5) is 21.6. The lowest BCUT2D eigenvalue weighted by Crippen LogP contribution is -2.49. The van der Waals surface area contributed by atoms with Crippen LogP contribution in [0.25, 0.3) is 0 Å². The van der Waals surface area contributed by atoms with Crippen molar-refractivity contribution in [2.75, 3.05) is 6.61 Å². The van der Waals surface area contributed by atoms with Crippen molar-refractivity contribution >= 4 is 23.5 Å². The van der Waals surface area contributed by atoms with Gasteiger partial charge in [0.05, 0.1) is 6.61 Å². The molecule has 5 unspecified atom stereocenters. The third-order valence-electron chi connectivity index (χ3n) is 1.94. The van der Waals surface area contributed by atoms with Crippen molar-refractivity contribution in [3.8, 4) is 0 Å². The second-order valence-electron chi connectivity index (χ2n) is 3.33. The molecule has 0 bridgehead atoms. The molecule has 106 valence electrons. The van der Waals surface area contributed by atoms with Crippen molar-refractivity contribution in [3.63, 3.8) is 0 Å². The van der Waals surface area contributed by atoms with E-state index >= 15 is 0 Å². The number of primary amides is 1. The highest BCUT2D eigenvalue weighted by Crippen LogP contribution is 2.08. The van der Waals surface area contributed by atoms with Crippen molar-refractivity contribution < 1.29 is 39.9 Å². The fraction of sp³-hybridized carbons (Fsp3) is 0.750.